The quantitative estimate of drug-likeness (QED) is 0.853. The van der Waals surface area contributed by atoms with Crippen molar-refractivity contribution < 1.29 is 18.3 Å². The second-order valence-corrected chi connectivity index (χ2v) is 3.49. The van der Waals surface area contributed by atoms with Crippen LogP contribution in [-0.4, -0.2) is 25.7 Å². The number of nitrogens with one attached hydrogen (secondary N) is 1. The molecule has 1 atom stereocenters. The van der Waals surface area contributed by atoms with E-state index in [4.69, 9.17) is 4.74 Å². The number of halogens is 2. The summed E-state index contributed by atoms with van der Waals surface area (Å²) in [5.41, 5.74) is -0.0412. The van der Waals surface area contributed by atoms with Crippen LogP contribution < -0.4 is 5.32 Å². The zero-order chi connectivity index (χ0) is 12.1. The summed E-state index contributed by atoms with van der Waals surface area (Å²) in [6.45, 7) is 2.07. The molecular weight excluding hydrogens is 216 g/mol. The van der Waals surface area contributed by atoms with Crippen molar-refractivity contribution in [3.05, 3.63) is 35.4 Å². The molecule has 0 aliphatic rings. The number of hydrogen-bond donors (Lipinski definition) is 1. The Labute approximate surface area is 92.4 Å². The minimum atomic E-state index is -0.774. The van der Waals surface area contributed by atoms with Gasteiger partial charge < -0.3 is 10.1 Å². The monoisotopic (exact) mass is 229 g/mol. The summed E-state index contributed by atoms with van der Waals surface area (Å²) in [6, 6.07) is 2.47. The lowest BCUT2D eigenvalue weighted by atomic mass is 10.2. The number of benzene rings is 1. The Hall–Kier alpha value is -1.49. The van der Waals surface area contributed by atoms with E-state index in [1.54, 1.807) is 6.92 Å². The van der Waals surface area contributed by atoms with E-state index in [0.29, 0.717) is 6.61 Å². The fraction of sp³-hybridized carbons (Fsp3) is 0.364. The third-order valence-electron chi connectivity index (χ3n) is 1.92. The van der Waals surface area contributed by atoms with Crippen LogP contribution in [0.4, 0.5) is 8.78 Å². The topological polar surface area (TPSA) is 38.3 Å². The molecule has 0 aliphatic carbocycles. The molecule has 0 radical (unpaired) electrons. The van der Waals surface area contributed by atoms with Gasteiger partial charge in [0.25, 0.3) is 5.91 Å². The lowest BCUT2D eigenvalue weighted by Gasteiger charge is -2.12. The van der Waals surface area contributed by atoms with Crippen molar-refractivity contribution in [3.63, 3.8) is 0 Å². The summed E-state index contributed by atoms with van der Waals surface area (Å²) in [6.07, 6.45) is 0. The summed E-state index contributed by atoms with van der Waals surface area (Å²) in [4.78, 5) is 11.5. The van der Waals surface area contributed by atoms with E-state index in [1.165, 1.54) is 7.11 Å². The summed E-state index contributed by atoms with van der Waals surface area (Å²) < 4.78 is 30.5. The first-order chi connectivity index (χ1) is 7.52. The van der Waals surface area contributed by atoms with Gasteiger partial charge in [0.05, 0.1) is 6.61 Å². The number of amides is 1. The smallest absolute Gasteiger partial charge is 0.251 e. The number of rotatable bonds is 4. The van der Waals surface area contributed by atoms with Gasteiger partial charge in [-0.05, 0) is 19.1 Å². The number of carbonyl (C=O) groups is 1. The maximum Gasteiger partial charge on any atom is 0.251 e. The molecule has 0 fully saturated rings. The van der Waals surface area contributed by atoms with E-state index in [-0.39, 0.29) is 11.6 Å². The van der Waals surface area contributed by atoms with Crippen LogP contribution in [0.3, 0.4) is 0 Å². The average Bonchev–Trinajstić information content (AvgIpc) is 2.16. The molecule has 0 saturated heterocycles. The second-order valence-electron chi connectivity index (χ2n) is 3.49. The highest BCUT2D eigenvalue weighted by Crippen LogP contribution is 2.08. The van der Waals surface area contributed by atoms with E-state index in [1.807, 2.05) is 0 Å². The molecule has 1 unspecified atom stereocenters. The van der Waals surface area contributed by atoms with Crippen LogP contribution in [0.1, 0.15) is 17.3 Å². The van der Waals surface area contributed by atoms with Crippen LogP contribution in [0.2, 0.25) is 0 Å². The molecule has 88 valence electrons. The van der Waals surface area contributed by atoms with Crippen molar-refractivity contribution in [1.29, 1.82) is 0 Å². The second kappa shape index (κ2) is 5.55. The van der Waals surface area contributed by atoms with Crippen molar-refractivity contribution in [2.24, 2.45) is 0 Å². The van der Waals surface area contributed by atoms with Crippen LogP contribution in [0.15, 0.2) is 18.2 Å². The summed E-state index contributed by atoms with van der Waals surface area (Å²) in [7, 11) is 1.50. The van der Waals surface area contributed by atoms with Crippen LogP contribution in [0, 0.1) is 11.6 Å². The molecule has 0 heterocycles. The predicted octanol–water partition coefficient (Wildman–Crippen LogP) is 1.73. The van der Waals surface area contributed by atoms with E-state index >= 15 is 0 Å². The molecule has 0 aliphatic heterocycles. The molecule has 5 heteroatoms. The Balaban J connectivity index is 2.72. The lowest BCUT2D eigenvalue weighted by Crippen LogP contribution is -2.35. The molecule has 3 nitrogen and oxygen atoms in total. The van der Waals surface area contributed by atoms with Crippen LogP contribution in [0.5, 0.6) is 0 Å². The van der Waals surface area contributed by atoms with Gasteiger partial charge in [-0.3, -0.25) is 4.79 Å². The Morgan fingerprint density at radius 2 is 1.94 bits per heavy atom. The molecule has 1 aromatic rings. The molecule has 0 saturated carbocycles. The summed E-state index contributed by atoms with van der Waals surface area (Å²) in [5, 5.41) is 2.55. The van der Waals surface area contributed by atoms with Crippen LogP contribution in [0.25, 0.3) is 0 Å². The normalized spacial score (nSPS) is 12.2. The van der Waals surface area contributed by atoms with E-state index in [9.17, 15) is 13.6 Å². The minimum Gasteiger partial charge on any atom is -0.383 e. The first kappa shape index (κ1) is 12.6. The van der Waals surface area contributed by atoms with Gasteiger partial charge in [-0.2, -0.15) is 0 Å². The summed E-state index contributed by atoms with van der Waals surface area (Å²) in [5.74, 6) is -2.07. The van der Waals surface area contributed by atoms with Gasteiger partial charge in [-0.15, -0.1) is 0 Å². The molecule has 1 amide bonds. The van der Waals surface area contributed by atoms with Crippen LogP contribution >= 0.6 is 0 Å². The molecule has 1 aromatic carbocycles. The molecule has 0 aromatic heterocycles. The Morgan fingerprint density at radius 3 is 2.44 bits per heavy atom. The number of methoxy groups -OCH3 is 1. The highest BCUT2D eigenvalue weighted by Gasteiger charge is 2.11. The van der Waals surface area contributed by atoms with Gasteiger partial charge >= 0.3 is 0 Å². The van der Waals surface area contributed by atoms with Gasteiger partial charge in [0.15, 0.2) is 0 Å². The Kier molecular flexibility index (Phi) is 4.37. The highest BCUT2D eigenvalue weighted by atomic mass is 19.1. The van der Waals surface area contributed by atoms with Crippen molar-refractivity contribution in [2.75, 3.05) is 13.7 Å². The molecular formula is C11H13F2NO2. The van der Waals surface area contributed by atoms with Gasteiger partial charge in [0.2, 0.25) is 0 Å². The first-order valence-corrected chi connectivity index (χ1v) is 4.79. The largest absolute Gasteiger partial charge is 0.383 e. The van der Waals surface area contributed by atoms with Crippen LogP contribution in [-0.2, 0) is 4.74 Å². The Morgan fingerprint density at radius 1 is 1.38 bits per heavy atom. The number of hydrogen-bond acceptors (Lipinski definition) is 2. The van der Waals surface area contributed by atoms with E-state index in [2.05, 4.69) is 5.32 Å². The molecule has 0 bridgehead atoms. The Bertz CT molecular complexity index is 362. The zero-order valence-corrected chi connectivity index (χ0v) is 9.09. The summed E-state index contributed by atoms with van der Waals surface area (Å²) >= 11 is 0. The van der Waals surface area contributed by atoms with Crippen molar-refractivity contribution in [1.82, 2.24) is 5.32 Å². The van der Waals surface area contributed by atoms with Gasteiger partial charge in [0.1, 0.15) is 11.6 Å². The maximum absolute atomic E-state index is 12.8. The highest BCUT2D eigenvalue weighted by molar-refractivity contribution is 5.94. The number of ether oxygens (including phenoxy) is 1. The fourth-order valence-electron chi connectivity index (χ4n) is 1.28. The maximum atomic E-state index is 12.8. The van der Waals surface area contributed by atoms with Crippen molar-refractivity contribution >= 4 is 5.91 Å². The standard InChI is InChI=1S/C11H13F2NO2/c1-7(6-16-2)14-11(15)8-3-9(12)5-10(13)4-8/h3-5,7H,6H2,1-2H3,(H,14,15). The lowest BCUT2D eigenvalue weighted by molar-refractivity contribution is 0.0904. The predicted molar refractivity (Wildman–Crippen MR) is 55.2 cm³/mol. The fourth-order valence-corrected chi connectivity index (χ4v) is 1.28. The first-order valence-electron chi connectivity index (χ1n) is 4.79. The van der Waals surface area contributed by atoms with Gasteiger partial charge in [0, 0.05) is 24.8 Å². The van der Waals surface area contributed by atoms with Gasteiger partial charge in [-0.25, -0.2) is 8.78 Å². The molecule has 1 rings (SSSR count). The number of carbonyl (C=O) groups excluding carboxylic acids is 1. The zero-order valence-electron chi connectivity index (χ0n) is 9.09. The van der Waals surface area contributed by atoms with Crippen molar-refractivity contribution in [2.45, 2.75) is 13.0 Å². The SMILES string of the molecule is COCC(C)NC(=O)c1cc(F)cc(F)c1. The minimum absolute atomic E-state index is 0.0412. The van der Waals surface area contributed by atoms with Crippen molar-refractivity contribution in [3.8, 4) is 0 Å². The average molecular weight is 229 g/mol. The third kappa shape index (κ3) is 3.58. The van der Waals surface area contributed by atoms with E-state index in [0.717, 1.165) is 18.2 Å². The molecule has 1 N–H and O–H groups in total. The van der Waals surface area contributed by atoms with Gasteiger partial charge in [-0.1, -0.05) is 0 Å². The van der Waals surface area contributed by atoms with E-state index < -0.39 is 17.5 Å². The third-order valence-corrected chi connectivity index (χ3v) is 1.92. The molecule has 16 heavy (non-hydrogen) atoms. The molecule has 0 spiro atoms.